The van der Waals surface area contributed by atoms with Gasteiger partial charge in [0.05, 0.1) is 5.41 Å². The van der Waals surface area contributed by atoms with E-state index in [2.05, 4.69) is 4.98 Å². The molecule has 0 aliphatic carbocycles. The number of carbonyl (C=O) groups is 1. The minimum absolute atomic E-state index is 0.230. The van der Waals surface area contributed by atoms with E-state index < -0.39 is 5.41 Å². The number of aryl methyl sites for hydroxylation is 1. The molecule has 94 valence electrons. The van der Waals surface area contributed by atoms with Gasteiger partial charge in [0.15, 0.2) is 0 Å². The summed E-state index contributed by atoms with van der Waals surface area (Å²) in [5.41, 5.74) is 0.538. The number of pyridine rings is 1. The molecule has 18 heavy (non-hydrogen) atoms. The van der Waals surface area contributed by atoms with Crippen molar-refractivity contribution in [1.29, 1.82) is 0 Å². The lowest BCUT2D eigenvalue weighted by Gasteiger charge is -2.17. The Balaban J connectivity index is 2.48. The number of fused-ring (bicyclic) bond motifs is 1. The Morgan fingerprint density at radius 1 is 1.28 bits per heavy atom. The minimum Gasteiger partial charge on any atom is -0.425 e. The molecule has 0 unspecified atom stereocenters. The summed E-state index contributed by atoms with van der Waals surface area (Å²) in [7, 11) is 0. The number of ether oxygens (including phenoxy) is 1. The van der Waals surface area contributed by atoms with E-state index in [-0.39, 0.29) is 5.97 Å². The van der Waals surface area contributed by atoms with Crippen LogP contribution >= 0.6 is 0 Å². The normalized spacial score (nSPS) is 11.6. The highest BCUT2D eigenvalue weighted by Crippen LogP contribution is 2.28. The number of carbonyl (C=O) groups excluding carboxylic acids is 1. The van der Waals surface area contributed by atoms with Crippen LogP contribution in [0, 0.1) is 12.3 Å². The average Bonchev–Trinajstić information content (AvgIpc) is 2.27. The highest BCUT2D eigenvalue weighted by atomic mass is 16.5. The van der Waals surface area contributed by atoms with Crippen molar-refractivity contribution in [2.24, 2.45) is 5.41 Å². The Bertz CT molecular complexity index is 597. The molecule has 0 spiro atoms. The van der Waals surface area contributed by atoms with E-state index >= 15 is 0 Å². The molecule has 3 heteroatoms. The zero-order valence-electron chi connectivity index (χ0n) is 11.2. The van der Waals surface area contributed by atoms with E-state index in [0.717, 1.165) is 16.3 Å². The summed E-state index contributed by atoms with van der Waals surface area (Å²) >= 11 is 0. The van der Waals surface area contributed by atoms with Crippen LogP contribution in [0.4, 0.5) is 0 Å². The Morgan fingerprint density at radius 3 is 2.67 bits per heavy atom. The van der Waals surface area contributed by atoms with Crippen LogP contribution in [0.2, 0.25) is 0 Å². The molecule has 0 N–H and O–H groups in total. The van der Waals surface area contributed by atoms with Crippen LogP contribution in [0.25, 0.3) is 10.8 Å². The van der Waals surface area contributed by atoms with Crippen LogP contribution < -0.4 is 4.74 Å². The molecule has 0 saturated carbocycles. The summed E-state index contributed by atoms with van der Waals surface area (Å²) in [6, 6.07) is 5.77. The van der Waals surface area contributed by atoms with Crippen molar-refractivity contribution < 1.29 is 9.53 Å². The maximum atomic E-state index is 12.0. The molecule has 2 aromatic rings. The fourth-order valence-corrected chi connectivity index (χ4v) is 1.65. The molecule has 0 fully saturated rings. The number of benzene rings is 1. The third-order valence-corrected chi connectivity index (χ3v) is 2.67. The van der Waals surface area contributed by atoms with Gasteiger partial charge in [-0.05, 0) is 51.5 Å². The molecular weight excluding hydrogens is 226 g/mol. The Morgan fingerprint density at radius 2 is 2.00 bits per heavy atom. The first-order chi connectivity index (χ1) is 8.38. The molecule has 0 amide bonds. The molecule has 0 aliphatic rings. The van der Waals surface area contributed by atoms with E-state index in [1.54, 1.807) is 12.4 Å². The quantitative estimate of drug-likeness (QED) is 0.568. The van der Waals surface area contributed by atoms with Gasteiger partial charge in [0.2, 0.25) is 0 Å². The minimum atomic E-state index is -0.511. The van der Waals surface area contributed by atoms with Crippen molar-refractivity contribution in [3.05, 3.63) is 36.2 Å². The van der Waals surface area contributed by atoms with Crippen molar-refractivity contribution >= 4 is 16.7 Å². The molecular formula is C15H17NO2. The number of hydrogen-bond acceptors (Lipinski definition) is 3. The second-order valence-corrected chi connectivity index (χ2v) is 5.50. The lowest BCUT2D eigenvalue weighted by atomic mass is 9.97. The lowest BCUT2D eigenvalue weighted by Crippen LogP contribution is -2.25. The van der Waals surface area contributed by atoms with Crippen molar-refractivity contribution in [2.75, 3.05) is 0 Å². The largest absolute Gasteiger partial charge is 0.425 e. The fourth-order valence-electron chi connectivity index (χ4n) is 1.65. The summed E-state index contributed by atoms with van der Waals surface area (Å²) in [6.07, 6.45) is 3.48. The Labute approximate surface area is 107 Å². The van der Waals surface area contributed by atoms with Crippen LogP contribution in [-0.4, -0.2) is 11.0 Å². The van der Waals surface area contributed by atoms with Gasteiger partial charge in [-0.2, -0.15) is 0 Å². The number of esters is 1. The molecule has 3 nitrogen and oxygen atoms in total. The molecule has 0 aliphatic heterocycles. The van der Waals surface area contributed by atoms with Crippen molar-refractivity contribution in [3.8, 4) is 5.75 Å². The second-order valence-electron chi connectivity index (χ2n) is 5.50. The maximum Gasteiger partial charge on any atom is 0.316 e. The van der Waals surface area contributed by atoms with Gasteiger partial charge in [0.25, 0.3) is 0 Å². The second kappa shape index (κ2) is 4.41. The Kier molecular flexibility index (Phi) is 3.07. The van der Waals surface area contributed by atoms with E-state index in [0.29, 0.717) is 5.75 Å². The van der Waals surface area contributed by atoms with Crippen molar-refractivity contribution in [1.82, 2.24) is 4.98 Å². The highest BCUT2D eigenvalue weighted by Gasteiger charge is 2.24. The van der Waals surface area contributed by atoms with Gasteiger partial charge in [0, 0.05) is 23.2 Å². The van der Waals surface area contributed by atoms with E-state index in [9.17, 15) is 4.79 Å². The highest BCUT2D eigenvalue weighted by molar-refractivity contribution is 5.91. The molecule has 0 radical (unpaired) electrons. The van der Waals surface area contributed by atoms with Crippen LogP contribution in [-0.2, 0) is 4.79 Å². The molecule has 0 saturated heterocycles. The van der Waals surface area contributed by atoms with Crippen LogP contribution in [0.15, 0.2) is 30.6 Å². The Hall–Kier alpha value is -1.90. The van der Waals surface area contributed by atoms with Crippen LogP contribution in [0.3, 0.4) is 0 Å². The van der Waals surface area contributed by atoms with Gasteiger partial charge in [0.1, 0.15) is 5.75 Å². The van der Waals surface area contributed by atoms with Gasteiger partial charge in [-0.3, -0.25) is 9.78 Å². The number of rotatable bonds is 1. The molecule has 1 heterocycles. The molecule has 1 aromatic heterocycles. The van der Waals surface area contributed by atoms with Gasteiger partial charge in [-0.15, -0.1) is 0 Å². The summed E-state index contributed by atoms with van der Waals surface area (Å²) in [4.78, 5) is 16.0. The molecule has 2 rings (SSSR count). The predicted molar refractivity (Wildman–Crippen MR) is 71.6 cm³/mol. The SMILES string of the molecule is Cc1cc(OC(=O)C(C)(C)C)c2ccncc2c1. The van der Waals surface area contributed by atoms with Crippen molar-refractivity contribution in [3.63, 3.8) is 0 Å². The lowest BCUT2D eigenvalue weighted by molar-refractivity contribution is -0.142. The molecule has 0 atom stereocenters. The predicted octanol–water partition coefficient (Wildman–Crippen LogP) is 3.49. The number of hydrogen-bond donors (Lipinski definition) is 0. The van der Waals surface area contributed by atoms with Crippen LogP contribution in [0.5, 0.6) is 5.75 Å². The molecule has 1 aromatic carbocycles. The topological polar surface area (TPSA) is 39.2 Å². The third kappa shape index (κ3) is 2.50. The summed E-state index contributed by atoms with van der Waals surface area (Å²) in [5, 5.41) is 1.89. The number of aromatic nitrogens is 1. The molecule has 0 bridgehead atoms. The van der Waals surface area contributed by atoms with E-state index in [1.165, 1.54) is 0 Å². The smallest absolute Gasteiger partial charge is 0.316 e. The zero-order valence-corrected chi connectivity index (χ0v) is 11.2. The zero-order chi connectivity index (χ0) is 13.3. The van der Waals surface area contributed by atoms with Crippen LogP contribution in [0.1, 0.15) is 26.3 Å². The van der Waals surface area contributed by atoms with Gasteiger partial charge in [-0.1, -0.05) is 0 Å². The number of nitrogens with zero attached hydrogens (tertiary/aromatic N) is 1. The first-order valence-electron chi connectivity index (χ1n) is 5.94. The maximum absolute atomic E-state index is 12.0. The van der Waals surface area contributed by atoms with E-state index in [4.69, 9.17) is 4.74 Å². The van der Waals surface area contributed by atoms with E-state index in [1.807, 2.05) is 45.9 Å². The van der Waals surface area contributed by atoms with Gasteiger partial charge >= 0.3 is 5.97 Å². The third-order valence-electron chi connectivity index (χ3n) is 2.67. The summed E-state index contributed by atoms with van der Waals surface area (Å²) in [5.74, 6) is 0.374. The average molecular weight is 243 g/mol. The summed E-state index contributed by atoms with van der Waals surface area (Å²) < 4.78 is 5.51. The fraction of sp³-hybridized carbons (Fsp3) is 0.333. The van der Waals surface area contributed by atoms with Crippen molar-refractivity contribution in [2.45, 2.75) is 27.7 Å². The monoisotopic (exact) mass is 243 g/mol. The first-order valence-corrected chi connectivity index (χ1v) is 5.94. The van der Waals surface area contributed by atoms with Gasteiger partial charge < -0.3 is 4.74 Å². The summed E-state index contributed by atoms with van der Waals surface area (Å²) in [6.45, 7) is 7.50. The van der Waals surface area contributed by atoms with Gasteiger partial charge in [-0.25, -0.2) is 0 Å². The standard InChI is InChI=1S/C15H17NO2/c1-10-7-11-9-16-6-5-12(11)13(8-10)18-14(17)15(2,3)4/h5-9H,1-4H3. The first kappa shape index (κ1) is 12.6.